The Morgan fingerprint density at radius 3 is 1.12 bits per heavy atom. The zero-order valence-corrected chi connectivity index (χ0v) is 32.7. The van der Waals surface area contributed by atoms with E-state index >= 15 is 0 Å². The summed E-state index contributed by atoms with van der Waals surface area (Å²) in [5.74, 6) is 7.91. The predicted molar refractivity (Wildman–Crippen MR) is 205 cm³/mol. The molecule has 8 aliphatic rings. The summed E-state index contributed by atoms with van der Waals surface area (Å²) in [6.45, 7) is 1.30. The Hall–Kier alpha value is -2.48. The first-order chi connectivity index (χ1) is 24.6. The van der Waals surface area contributed by atoms with E-state index in [9.17, 15) is 0 Å². The van der Waals surface area contributed by atoms with Gasteiger partial charge in [-0.05, 0) is 0 Å². The summed E-state index contributed by atoms with van der Waals surface area (Å²) in [6.07, 6.45) is 17.1. The van der Waals surface area contributed by atoms with E-state index < -0.39 is 0 Å². The third-order valence-corrected chi connectivity index (χ3v) is 21.0. The van der Waals surface area contributed by atoms with Gasteiger partial charge in [0.2, 0.25) is 0 Å². The topological polar surface area (TPSA) is 18.5 Å². The van der Waals surface area contributed by atoms with Gasteiger partial charge in [-0.15, -0.1) is 0 Å². The van der Waals surface area contributed by atoms with Gasteiger partial charge in [0.1, 0.15) is 0 Å². The fourth-order valence-corrected chi connectivity index (χ4v) is 18.6. The van der Waals surface area contributed by atoms with Crippen LogP contribution in [0.1, 0.15) is 99.3 Å². The average molecular weight is 793 g/mol. The molecule has 50 heavy (non-hydrogen) atoms. The Balaban J connectivity index is 0.927. The van der Waals surface area contributed by atoms with E-state index in [1.54, 1.807) is 0 Å². The van der Waals surface area contributed by atoms with Crippen molar-refractivity contribution < 1.29 is 9.47 Å². The number of benzene rings is 4. The molecule has 0 spiro atoms. The molecular formula is C46H50O2Se2. The summed E-state index contributed by atoms with van der Waals surface area (Å²) >= 11 is 0.744. The molecule has 0 radical (unpaired) electrons. The monoisotopic (exact) mass is 794 g/mol. The second-order valence-corrected chi connectivity index (χ2v) is 23.7. The van der Waals surface area contributed by atoms with Crippen LogP contribution in [0.25, 0.3) is 0 Å². The number of hydrogen-bond acceptors (Lipinski definition) is 2. The quantitative estimate of drug-likeness (QED) is 0.141. The SMILES string of the molecule is c1ccc(COc2cc([Se][Se]c3ccc(C45CC6CC(CC(C6)C4)C5)c(OCc4ccccc4)c3)ccc2C23CC4CC(CC(C4)C2)C3)cc1. The molecule has 12 rings (SSSR count). The molecule has 8 aliphatic carbocycles. The molecule has 8 fully saturated rings. The standard InChI is InChI=1S/C46H50O2Se2/c1-3-7-31(8-4-1)29-47-43-21-39(11-13-41(43)45-23-33-15-34(24-45)17-35(16-33)25-45)49-50-40-12-14-42(44(22-40)48-30-32-9-5-2-6-10-32)46-26-36-18-37(27-46)20-38(19-36)28-46/h1-14,21-22,33-38H,15-20,23-30H2. The molecule has 4 aromatic rings. The average Bonchev–Trinajstić information content (AvgIpc) is 3.12. The second kappa shape index (κ2) is 13.2. The molecule has 0 N–H and O–H groups in total. The normalized spacial score (nSPS) is 33.1. The zero-order valence-electron chi connectivity index (χ0n) is 29.2. The number of hydrogen-bond donors (Lipinski definition) is 0. The van der Waals surface area contributed by atoms with Crippen LogP contribution in [0.2, 0.25) is 0 Å². The van der Waals surface area contributed by atoms with E-state index in [0.29, 0.717) is 50.3 Å². The van der Waals surface area contributed by atoms with Crippen molar-refractivity contribution in [2.75, 3.05) is 0 Å². The fraction of sp³-hybridized carbons (Fsp3) is 0.478. The van der Waals surface area contributed by atoms with Gasteiger partial charge >= 0.3 is 312 Å². The first-order valence-electron chi connectivity index (χ1n) is 19.5. The van der Waals surface area contributed by atoms with E-state index in [-0.39, 0.29) is 0 Å². The van der Waals surface area contributed by atoms with Crippen molar-refractivity contribution in [3.63, 3.8) is 0 Å². The van der Waals surface area contributed by atoms with Crippen LogP contribution in [0.3, 0.4) is 0 Å². The first kappa shape index (κ1) is 32.2. The third-order valence-electron chi connectivity index (χ3n) is 13.8. The fourth-order valence-electron chi connectivity index (χ4n) is 12.7. The van der Waals surface area contributed by atoms with Gasteiger partial charge in [-0.1, -0.05) is 0 Å². The zero-order chi connectivity index (χ0) is 33.1. The van der Waals surface area contributed by atoms with Crippen molar-refractivity contribution in [2.24, 2.45) is 35.5 Å². The van der Waals surface area contributed by atoms with Gasteiger partial charge in [-0.25, -0.2) is 0 Å². The molecule has 0 heterocycles. The summed E-state index contributed by atoms with van der Waals surface area (Å²) < 4.78 is 16.6. The Morgan fingerprint density at radius 2 is 0.780 bits per heavy atom. The van der Waals surface area contributed by atoms with Gasteiger partial charge in [0, 0.05) is 0 Å². The number of ether oxygens (including phenoxy) is 2. The van der Waals surface area contributed by atoms with E-state index in [1.807, 2.05) is 0 Å². The molecule has 0 amide bonds. The van der Waals surface area contributed by atoms with Crippen LogP contribution in [-0.2, 0) is 24.0 Å². The minimum atomic E-state index is 0.329. The van der Waals surface area contributed by atoms with Crippen LogP contribution >= 0.6 is 0 Å². The van der Waals surface area contributed by atoms with Gasteiger partial charge in [-0.2, -0.15) is 0 Å². The molecule has 0 aliphatic heterocycles. The summed E-state index contributed by atoms with van der Waals surface area (Å²) in [5.41, 5.74) is 6.22. The molecular weight excluding hydrogens is 742 g/mol. The van der Waals surface area contributed by atoms with E-state index in [0.717, 1.165) is 35.5 Å². The van der Waals surface area contributed by atoms with Crippen LogP contribution < -0.4 is 18.4 Å². The maximum absolute atomic E-state index is 6.83. The van der Waals surface area contributed by atoms with Crippen LogP contribution in [0.5, 0.6) is 11.5 Å². The van der Waals surface area contributed by atoms with Gasteiger partial charge < -0.3 is 0 Å². The molecule has 0 saturated heterocycles. The van der Waals surface area contributed by atoms with Gasteiger partial charge in [0.05, 0.1) is 0 Å². The van der Waals surface area contributed by atoms with Crippen LogP contribution in [-0.4, -0.2) is 26.3 Å². The molecule has 0 aromatic heterocycles. The Morgan fingerprint density at radius 1 is 0.440 bits per heavy atom. The van der Waals surface area contributed by atoms with Crippen LogP contribution in [0, 0.1) is 35.5 Å². The molecule has 258 valence electrons. The number of rotatable bonds is 11. The maximum atomic E-state index is 6.83. The van der Waals surface area contributed by atoms with E-state index in [4.69, 9.17) is 9.47 Å². The van der Waals surface area contributed by atoms with E-state index in [2.05, 4.69) is 97.1 Å². The van der Waals surface area contributed by atoms with Gasteiger partial charge in [0.15, 0.2) is 0 Å². The molecule has 8 bridgehead atoms. The molecule has 4 heteroatoms. The van der Waals surface area contributed by atoms with Gasteiger partial charge in [-0.3, -0.25) is 0 Å². The summed E-state index contributed by atoms with van der Waals surface area (Å²) in [4.78, 5) is 0. The van der Waals surface area contributed by atoms with Crippen molar-refractivity contribution in [3.05, 3.63) is 119 Å². The van der Waals surface area contributed by atoms with Crippen molar-refractivity contribution in [1.82, 2.24) is 0 Å². The molecule has 2 nitrogen and oxygen atoms in total. The molecule has 0 unspecified atom stereocenters. The van der Waals surface area contributed by atoms with Crippen LogP contribution in [0.4, 0.5) is 0 Å². The van der Waals surface area contributed by atoms with Gasteiger partial charge in [0.25, 0.3) is 0 Å². The first-order valence-corrected chi connectivity index (χ1v) is 25.6. The summed E-state index contributed by atoms with van der Waals surface area (Å²) in [7, 11) is 0. The summed E-state index contributed by atoms with van der Waals surface area (Å²) in [5, 5.41) is 0. The minimum absolute atomic E-state index is 0.329. The van der Waals surface area contributed by atoms with Crippen molar-refractivity contribution in [3.8, 4) is 11.5 Å². The van der Waals surface area contributed by atoms with Crippen molar-refractivity contribution in [1.29, 1.82) is 0 Å². The molecule has 0 atom stereocenters. The molecule has 8 saturated carbocycles. The Kier molecular flexibility index (Phi) is 8.49. The van der Waals surface area contributed by atoms with Crippen LogP contribution in [0.15, 0.2) is 97.1 Å². The Bertz CT molecular complexity index is 1630. The van der Waals surface area contributed by atoms with E-state index in [1.165, 1.54) is 120 Å². The van der Waals surface area contributed by atoms with Crippen molar-refractivity contribution >= 4 is 35.2 Å². The predicted octanol–water partition coefficient (Wildman–Crippen LogP) is 9.05. The van der Waals surface area contributed by atoms with Crippen molar-refractivity contribution in [2.45, 2.75) is 101 Å². The Labute approximate surface area is 310 Å². The second-order valence-electron chi connectivity index (χ2n) is 17.4. The molecule has 4 aromatic carbocycles. The summed E-state index contributed by atoms with van der Waals surface area (Å²) in [6, 6.07) is 36.5. The third kappa shape index (κ3) is 6.21.